The molecule has 1 fully saturated rings. The average Bonchev–Trinajstić information content (AvgIpc) is 3.00. The molecule has 0 amide bonds. The third kappa shape index (κ3) is 2.67. The Hall–Kier alpha value is -2.07. The van der Waals surface area contributed by atoms with Gasteiger partial charge in [-0.3, -0.25) is 0 Å². The van der Waals surface area contributed by atoms with Crippen LogP contribution in [0.25, 0.3) is 11.8 Å². The first-order valence-corrected chi connectivity index (χ1v) is 9.48. The molecule has 4 heteroatoms. The summed E-state index contributed by atoms with van der Waals surface area (Å²) in [5, 5.41) is 15.4. The second-order valence-corrected chi connectivity index (χ2v) is 8.53. The number of allylic oxidation sites excluding steroid dienone is 1. The Bertz CT molecular complexity index is 842. The van der Waals surface area contributed by atoms with E-state index < -0.39 is 5.60 Å². The SMILES string of the molecule is COc1ccc(-n2ncc3c2C=C2CCC[C@H](C(C)(C)O)[C@@]2(C)C3)cc1. The lowest BCUT2D eigenvalue weighted by Gasteiger charge is -2.50. The number of benzene rings is 1. The first-order chi connectivity index (χ1) is 12.3. The molecule has 138 valence electrons. The molecule has 26 heavy (non-hydrogen) atoms. The van der Waals surface area contributed by atoms with E-state index in [2.05, 4.69) is 18.1 Å². The first kappa shape index (κ1) is 17.3. The molecule has 4 nitrogen and oxygen atoms in total. The number of rotatable bonds is 3. The maximum Gasteiger partial charge on any atom is 0.119 e. The Morgan fingerprint density at radius 1 is 1.27 bits per heavy atom. The maximum absolute atomic E-state index is 10.8. The summed E-state index contributed by atoms with van der Waals surface area (Å²) < 4.78 is 7.28. The molecule has 1 N–H and O–H groups in total. The van der Waals surface area contributed by atoms with Gasteiger partial charge in [0, 0.05) is 0 Å². The topological polar surface area (TPSA) is 47.3 Å². The molecular weight excluding hydrogens is 324 g/mol. The van der Waals surface area contributed by atoms with Crippen molar-refractivity contribution in [2.24, 2.45) is 11.3 Å². The first-order valence-electron chi connectivity index (χ1n) is 9.48. The Kier molecular flexibility index (Phi) is 3.99. The van der Waals surface area contributed by atoms with Crippen molar-refractivity contribution < 1.29 is 9.84 Å². The monoisotopic (exact) mass is 352 g/mol. The fraction of sp³-hybridized carbons (Fsp3) is 0.500. The van der Waals surface area contributed by atoms with Gasteiger partial charge in [0.05, 0.1) is 30.3 Å². The third-order valence-corrected chi connectivity index (χ3v) is 6.37. The molecule has 2 aromatic rings. The van der Waals surface area contributed by atoms with Crippen molar-refractivity contribution in [1.82, 2.24) is 9.78 Å². The minimum Gasteiger partial charge on any atom is -0.497 e. The van der Waals surface area contributed by atoms with Crippen molar-refractivity contribution in [3.8, 4) is 11.4 Å². The van der Waals surface area contributed by atoms with Gasteiger partial charge in [-0.25, -0.2) is 4.68 Å². The summed E-state index contributed by atoms with van der Waals surface area (Å²) in [5.74, 6) is 1.12. The predicted molar refractivity (Wildman–Crippen MR) is 104 cm³/mol. The van der Waals surface area contributed by atoms with Crippen LogP contribution in [0.15, 0.2) is 36.0 Å². The van der Waals surface area contributed by atoms with Gasteiger partial charge in [-0.2, -0.15) is 5.10 Å². The number of hydrogen-bond acceptors (Lipinski definition) is 3. The molecule has 1 saturated carbocycles. The number of ether oxygens (including phenoxy) is 1. The van der Waals surface area contributed by atoms with Gasteiger partial charge in [-0.15, -0.1) is 0 Å². The van der Waals surface area contributed by atoms with E-state index in [9.17, 15) is 5.11 Å². The molecule has 1 heterocycles. The normalized spacial score (nSPS) is 25.3. The lowest BCUT2D eigenvalue weighted by atomic mass is 9.56. The molecule has 0 saturated heterocycles. The Morgan fingerprint density at radius 3 is 2.65 bits per heavy atom. The van der Waals surface area contributed by atoms with E-state index >= 15 is 0 Å². The van der Waals surface area contributed by atoms with E-state index in [4.69, 9.17) is 4.74 Å². The third-order valence-electron chi connectivity index (χ3n) is 6.37. The van der Waals surface area contributed by atoms with Crippen molar-refractivity contribution >= 4 is 6.08 Å². The molecule has 0 unspecified atom stereocenters. The van der Waals surface area contributed by atoms with Crippen LogP contribution in [0, 0.1) is 11.3 Å². The Balaban J connectivity index is 1.75. The van der Waals surface area contributed by atoms with Gasteiger partial charge in [0.1, 0.15) is 5.75 Å². The minimum atomic E-state index is -0.669. The Labute approximate surface area is 155 Å². The fourth-order valence-corrected chi connectivity index (χ4v) is 5.10. The highest BCUT2D eigenvalue weighted by atomic mass is 16.5. The predicted octanol–water partition coefficient (Wildman–Crippen LogP) is 4.40. The van der Waals surface area contributed by atoms with Crippen LogP contribution in [0.3, 0.4) is 0 Å². The van der Waals surface area contributed by atoms with Crippen molar-refractivity contribution in [3.63, 3.8) is 0 Å². The molecule has 0 spiro atoms. The van der Waals surface area contributed by atoms with E-state index in [0.29, 0.717) is 0 Å². The highest BCUT2D eigenvalue weighted by Crippen LogP contribution is 2.54. The van der Waals surface area contributed by atoms with Crippen LogP contribution in [0.1, 0.15) is 51.3 Å². The zero-order chi connectivity index (χ0) is 18.5. The number of hydrogen-bond donors (Lipinski definition) is 1. The summed E-state index contributed by atoms with van der Waals surface area (Å²) in [6.07, 6.45) is 8.60. The summed E-state index contributed by atoms with van der Waals surface area (Å²) in [4.78, 5) is 0. The van der Waals surface area contributed by atoms with E-state index in [1.165, 1.54) is 16.8 Å². The van der Waals surface area contributed by atoms with Gasteiger partial charge in [0.15, 0.2) is 0 Å². The molecular formula is C22H28N2O2. The van der Waals surface area contributed by atoms with E-state index in [1.807, 2.05) is 49.0 Å². The van der Waals surface area contributed by atoms with Gasteiger partial charge >= 0.3 is 0 Å². The maximum atomic E-state index is 10.8. The summed E-state index contributed by atoms with van der Waals surface area (Å²) >= 11 is 0. The zero-order valence-electron chi connectivity index (χ0n) is 16.1. The molecule has 2 aliphatic carbocycles. The van der Waals surface area contributed by atoms with Gasteiger partial charge in [0.2, 0.25) is 0 Å². The van der Waals surface area contributed by atoms with Crippen LogP contribution in [-0.4, -0.2) is 27.6 Å². The van der Waals surface area contributed by atoms with Crippen molar-refractivity contribution in [3.05, 3.63) is 47.3 Å². The molecule has 1 aromatic carbocycles. The summed E-state index contributed by atoms with van der Waals surface area (Å²) in [6, 6.07) is 8.01. The van der Waals surface area contributed by atoms with Crippen molar-refractivity contribution in [2.45, 2.75) is 52.1 Å². The quantitative estimate of drug-likeness (QED) is 0.891. The molecule has 0 radical (unpaired) electrons. The number of methoxy groups -OCH3 is 1. The van der Waals surface area contributed by atoms with Gasteiger partial charge in [0.25, 0.3) is 0 Å². The van der Waals surface area contributed by atoms with Gasteiger partial charge < -0.3 is 9.84 Å². The lowest BCUT2D eigenvalue weighted by molar-refractivity contribution is -0.0461. The zero-order valence-corrected chi connectivity index (χ0v) is 16.1. The highest BCUT2D eigenvalue weighted by molar-refractivity contribution is 5.61. The average molecular weight is 352 g/mol. The van der Waals surface area contributed by atoms with E-state index in [0.717, 1.165) is 37.1 Å². The van der Waals surface area contributed by atoms with Crippen molar-refractivity contribution in [2.75, 3.05) is 7.11 Å². The van der Waals surface area contributed by atoms with Crippen molar-refractivity contribution in [1.29, 1.82) is 0 Å². The lowest BCUT2D eigenvalue weighted by Crippen LogP contribution is -2.47. The van der Waals surface area contributed by atoms with Crippen LogP contribution < -0.4 is 4.74 Å². The number of aromatic nitrogens is 2. The smallest absolute Gasteiger partial charge is 0.119 e. The van der Waals surface area contributed by atoms with Crippen LogP contribution >= 0.6 is 0 Å². The molecule has 2 atom stereocenters. The molecule has 0 bridgehead atoms. The van der Waals surface area contributed by atoms with Crippen LogP contribution in [0.5, 0.6) is 5.75 Å². The number of fused-ring (bicyclic) bond motifs is 2. The van der Waals surface area contributed by atoms with Crippen LogP contribution in [-0.2, 0) is 6.42 Å². The minimum absolute atomic E-state index is 0.0112. The second kappa shape index (κ2) is 5.98. The largest absolute Gasteiger partial charge is 0.497 e. The van der Waals surface area contributed by atoms with E-state index in [-0.39, 0.29) is 11.3 Å². The molecule has 1 aromatic heterocycles. The summed E-state index contributed by atoms with van der Waals surface area (Å²) in [7, 11) is 1.68. The molecule has 0 aliphatic heterocycles. The standard InChI is InChI=1S/C22H28N2O2/c1-21(2,25)20-7-5-6-16-12-19-15(13-22(16,20)3)14-23-24(19)17-8-10-18(26-4)11-9-17/h8-12,14,20,25H,5-7,13H2,1-4H3/t20-,22+/m1/s1. The Morgan fingerprint density at radius 2 is 2.00 bits per heavy atom. The fourth-order valence-electron chi connectivity index (χ4n) is 5.10. The molecule has 4 rings (SSSR count). The van der Waals surface area contributed by atoms with Gasteiger partial charge in [-0.1, -0.05) is 12.5 Å². The number of nitrogens with zero attached hydrogens (tertiary/aromatic N) is 2. The van der Waals surface area contributed by atoms with Gasteiger partial charge in [-0.05, 0) is 86.8 Å². The number of aliphatic hydroxyl groups is 1. The summed E-state index contributed by atoms with van der Waals surface area (Å²) in [5.41, 5.74) is 4.29. The second-order valence-electron chi connectivity index (χ2n) is 8.53. The van der Waals surface area contributed by atoms with Crippen LogP contribution in [0.2, 0.25) is 0 Å². The highest BCUT2D eigenvalue weighted by Gasteiger charge is 2.48. The summed E-state index contributed by atoms with van der Waals surface area (Å²) in [6.45, 7) is 6.25. The van der Waals surface area contributed by atoms with Crippen LogP contribution in [0.4, 0.5) is 0 Å². The molecule has 2 aliphatic rings. The van der Waals surface area contributed by atoms with E-state index in [1.54, 1.807) is 7.11 Å².